The van der Waals surface area contributed by atoms with Gasteiger partial charge in [0.1, 0.15) is 6.07 Å². The van der Waals surface area contributed by atoms with Crippen molar-refractivity contribution in [2.24, 2.45) is 5.73 Å². The smallest absolute Gasteiger partial charge is 0.166 e. The second kappa shape index (κ2) is 7.79. The molecular weight excluding hydrogens is 355 g/mol. The van der Waals surface area contributed by atoms with Crippen molar-refractivity contribution in [1.82, 2.24) is 9.97 Å². The van der Waals surface area contributed by atoms with Crippen LogP contribution in [0.5, 0.6) is 0 Å². The molecular formula is C21H21FN6. The van der Waals surface area contributed by atoms with Crippen LogP contribution >= 0.6 is 0 Å². The number of nitrogens with zero attached hydrogens (tertiary/aromatic N) is 3. The van der Waals surface area contributed by atoms with E-state index in [0.29, 0.717) is 5.82 Å². The van der Waals surface area contributed by atoms with Crippen molar-refractivity contribution in [3.8, 4) is 6.07 Å². The minimum Gasteiger partial charge on any atom is -0.363 e. The second-order valence-corrected chi connectivity index (χ2v) is 7.03. The van der Waals surface area contributed by atoms with Gasteiger partial charge < -0.3 is 16.4 Å². The van der Waals surface area contributed by atoms with E-state index in [1.807, 2.05) is 36.4 Å². The molecule has 1 saturated carbocycles. The van der Waals surface area contributed by atoms with E-state index in [2.05, 4.69) is 20.6 Å². The maximum Gasteiger partial charge on any atom is 0.166 e. The zero-order chi connectivity index (χ0) is 19.5. The summed E-state index contributed by atoms with van der Waals surface area (Å²) in [5, 5.41) is 16.6. The van der Waals surface area contributed by atoms with Gasteiger partial charge in [-0.05, 0) is 43.2 Å². The molecule has 142 valence electrons. The number of fused-ring (bicyclic) bond motifs is 1. The van der Waals surface area contributed by atoms with Crippen molar-refractivity contribution in [2.45, 2.75) is 37.8 Å². The van der Waals surface area contributed by atoms with E-state index in [-0.39, 0.29) is 23.5 Å². The van der Waals surface area contributed by atoms with Crippen LogP contribution in [0.25, 0.3) is 10.9 Å². The number of nitrogens with two attached hydrogens (primary N) is 1. The van der Waals surface area contributed by atoms with Gasteiger partial charge in [0.2, 0.25) is 0 Å². The zero-order valence-electron chi connectivity index (χ0n) is 15.3. The monoisotopic (exact) mass is 376 g/mol. The third-order valence-corrected chi connectivity index (χ3v) is 5.14. The van der Waals surface area contributed by atoms with E-state index >= 15 is 0 Å². The molecule has 1 aromatic carbocycles. The van der Waals surface area contributed by atoms with Crippen LogP contribution < -0.4 is 16.4 Å². The molecule has 1 fully saturated rings. The summed E-state index contributed by atoms with van der Waals surface area (Å²) in [6, 6.07) is 12.6. The molecule has 0 bridgehead atoms. The zero-order valence-corrected chi connectivity index (χ0v) is 15.3. The van der Waals surface area contributed by atoms with E-state index in [1.165, 1.54) is 6.07 Å². The summed E-state index contributed by atoms with van der Waals surface area (Å²) in [6.07, 6.45) is 5.64. The summed E-state index contributed by atoms with van der Waals surface area (Å²) < 4.78 is 14.5. The Morgan fingerprint density at radius 3 is 2.82 bits per heavy atom. The lowest BCUT2D eigenvalue weighted by molar-refractivity contribution is 0.402. The maximum absolute atomic E-state index is 14.5. The molecule has 4 N–H and O–H groups in total. The maximum atomic E-state index is 14.5. The number of hydrogen-bond acceptors (Lipinski definition) is 6. The number of pyridine rings is 2. The lowest BCUT2D eigenvalue weighted by Gasteiger charge is -2.30. The average Bonchev–Trinajstić information content (AvgIpc) is 2.72. The Morgan fingerprint density at radius 1 is 1.14 bits per heavy atom. The van der Waals surface area contributed by atoms with Crippen molar-refractivity contribution < 1.29 is 4.39 Å². The summed E-state index contributed by atoms with van der Waals surface area (Å²) in [6.45, 7) is 0. The van der Waals surface area contributed by atoms with Crippen LogP contribution in [0.1, 0.15) is 31.2 Å². The van der Waals surface area contributed by atoms with E-state index in [1.54, 1.807) is 6.20 Å². The summed E-state index contributed by atoms with van der Waals surface area (Å²) in [5.74, 6) is -0.145. The quantitative estimate of drug-likeness (QED) is 0.635. The van der Waals surface area contributed by atoms with Crippen molar-refractivity contribution in [3.05, 3.63) is 54.0 Å². The van der Waals surface area contributed by atoms with Crippen LogP contribution in [-0.4, -0.2) is 22.1 Å². The van der Waals surface area contributed by atoms with Crippen LogP contribution in [0, 0.1) is 17.1 Å². The minimum atomic E-state index is -0.556. The lowest BCUT2D eigenvalue weighted by Crippen LogP contribution is -2.43. The van der Waals surface area contributed by atoms with Gasteiger partial charge >= 0.3 is 0 Å². The number of nitrogens with one attached hydrogen (secondary N) is 2. The van der Waals surface area contributed by atoms with Crippen LogP contribution in [0.2, 0.25) is 0 Å². The summed E-state index contributed by atoms with van der Waals surface area (Å²) >= 11 is 0. The van der Waals surface area contributed by atoms with Crippen LogP contribution in [0.3, 0.4) is 0 Å². The van der Waals surface area contributed by atoms with Gasteiger partial charge in [0.25, 0.3) is 0 Å². The fourth-order valence-electron chi connectivity index (χ4n) is 3.62. The standard InChI is InChI=1S/C21H21FN6/c22-15-11-13(12-23)20(28-21(15)27-19-7-2-1-6-16(19)24)26-18-9-3-8-17-14(18)5-4-10-25-17/h3-5,8-11,16,19H,1-2,6-7,24H2,(H2,26,27,28). The number of anilines is 3. The second-order valence-electron chi connectivity index (χ2n) is 7.03. The van der Waals surface area contributed by atoms with Crippen LogP contribution in [0.4, 0.5) is 21.7 Å². The van der Waals surface area contributed by atoms with Gasteiger partial charge in [-0.3, -0.25) is 4.98 Å². The molecule has 1 aliphatic carbocycles. The molecule has 2 atom stereocenters. The Morgan fingerprint density at radius 2 is 2.00 bits per heavy atom. The molecule has 7 heteroatoms. The Hall–Kier alpha value is -3.24. The highest BCUT2D eigenvalue weighted by Crippen LogP contribution is 2.29. The normalized spacial score (nSPS) is 19.2. The molecule has 2 aromatic heterocycles. The van der Waals surface area contributed by atoms with Crippen LogP contribution in [0.15, 0.2) is 42.6 Å². The fourth-order valence-corrected chi connectivity index (χ4v) is 3.62. The number of aromatic nitrogens is 2. The van der Waals surface area contributed by atoms with Crippen molar-refractivity contribution in [1.29, 1.82) is 5.26 Å². The van der Waals surface area contributed by atoms with E-state index in [0.717, 1.165) is 42.3 Å². The Balaban J connectivity index is 1.69. The highest BCUT2D eigenvalue weighted by atomic mass is 19.1. The molecule has 0 spiro atoms. The summed E-state index contributed by atoms with van der Waals surface area (Å²) in [4.78, 5) is 8.71. The average molecular weight is 376 g/mol. The summed E-state index contributed by atoms with van der Waals surface area (Å²) in [5.41, 5.74) is 7.88. The first-order valence-electron chi connectivity index (χ1n) is 9.39. The number of hydrogen-bond donors (Lipinski definition) is 3. The molecule has 0 radical (unpaired) electrons. The van der Waals surface area contributed by atoms with Gasteiger partial charge in [0.05, 0.1) is 11.1 Å². The van der Waals surface area contributed by atoms with E-state index < -0.39 is 5.82 Å². The molecule has 0 aliphatic heterocycles. The molecule has 2 unspecified atom stereocenters. The molecule has 4 rings (SSSR count). The Labute approximate surface area is 162 Å². The van der Waals surface area contributed by atoms with E-state index in [4.69, 9.17) is 5.73 Å². The molecule has 6 nitrogen and oxygen atoms in total. The Bertz CT molecular complexity index is 1040. The summed E-state index contributed by atoms with van der Waals surface area (Å²) in [7, 11) is 0. The number of halogens is 1. The number of rotatable bonds is 4. The largest absolute Gasteiger partial charge is 0.363 e. The van der Waals surface area contributed by atoms with Gasteiger partial charge in [-0.2, -0.15) is 5.26 Å². The van der Waals surface area contributed by atoms with Crippen molar-refractivity contribution >= 4 is 28.2 Å². The first-order valence-corrected chi connectivity index (χ1v) is 9.39. The third kappa shape index (κ3) is 3.59. The molecule has 0 amide bonds. The third-order valence-electron chi connectivity index (χ3n) is 5.14. The first-order chi connectivity index (χ1) is 13.7. The molecule has 3 aromatic rings. The minimum absolute atomic E-state index is 0.0294. The number of nitriles is 1. The SMILES string of the molecule is N#Cc1cc(F)c(NC2CCCCC2N)nc1Nc1cccc2ncccc12. The predicted molar refractivity (Wildman–Crippen MR) is 108 cm³/mol. The van der Waals surface area contributed by atoms with Gasteiger partial charge in [0.15, 0.2) is 17.5 Å². The molecule has 2 heterocycles. The molecule has 0 saturated heterocycles. The van der Waals surface area contributed by atoms with Gasteiger partial charge in [-0.25, -0.2) is 9.37 Å². The van der Waals surface area contributed by atoms with Gasteiger partial charge in [-0.15, -0.1) is 0 Å². The van der Waals surface area contributed by atoms with Crippen molar-refractivity contribution in [2.75, 3.05) is 10.6 Å². The van der Waals surface area contributed by atoms with Gasteiger partial charge in [0, 0.05) is 29.4 Å². The molecule has 28 heavy (non-hydrogen) atoms. The van der Waals surface area contributed by atoms with Crippen LogP contribution in [-0.2, 0) is 0 Å². The number of benzene rings is 1. The lowest BCUT2D eigenvalue weighted by atomic mass is 9.91. The predicted octanol–water partition coefficient (Wildman–Crippen LogP) is 4.07. The highest BCUT2D eigenvalue weighted by molar-refractivity contribution is 5.93. The molecule has 1 aliphatic rings. The Kier molecular flexibility index (Phi) is 5.04. The fraction of sp³-hybridized carbons (Fsp3) is 0.286. The topological polar surface area (TPSA) is 99.7 Å². The first kappa shape index (κ1) is 18.1. The van der Waals surface area contributed by atoms with Gasteiger partial charge in [-0.1, -0.05) is 18.9 Å². The highest BCUT2D eigenvalue weighted by Gasteiger charge is 2.24. The van der Waals surface area contributed by atoms with Crippen molar-refractivity contribution in [3.63, 3.8) is 0 Å². The van der Waals surface area contributed by atoms with E-state index in [9.17, 15) is 9.65 Å².